The fourth-order valence-corrected chi connectivity index (χ4v) is 2.52. The summed E-state index contributed by atoms with van der Waals surface area (Å²) in [5.74, 6) is -0.500. The largest absolute Gasteiger partial charge is 0.345 e. The van der Waals surface area contributed by atoms with Crippen molar-refractivity contribution < 1.29 is 9.59 Å². The highest BCUT2D eigenvalue weighted by Crippen LogP contribution is 2.20. The second-order valence-corrected chi connectivity index (χ2v) is 5.96. The smallest absolute Gasteiger partial charge is 0.253 e. The van der Waals surface area contributed by atoms with Crippen molar-refractivity contribution in [2.24, 2.45) is 0 Å². The van der Waals surface area contributed by atoms with Crippen molar-refractivity contribution >= 4 is 23.4 Å². The lowest BCUT2D eigenvalue weighted by molar-refractivity contribution is -0.125. The first-order valence-corrected chi connectivity index (χ1v) is 7.92. The molecule has 126 valence electrons. The number of hydrogen-bond acceptors (Lipinski definition) is 3. The highest BCUT2D eigenvalue weighted by atomic mass is 35.5. The Morgan fingerprint density at radius 2 is 1.67 bits per heavy atom. The summed E-state index contributed by atoms with van der Waals surface area (Å²) in [6, 6.07) is 15.7. The van der Waals surface area contributed by atoms with E-state index in [0.29, 0.717) is 10.6 Å². The molecule has 0 radical (unpaired) electrons. The molecule has 2 aromatic carbocycles. The third-order valence-electron chi connectivity index (χ3n) is 3.36. The molecule has 0 spiro atoms. The number of amides is 2. The van der Waals surface area contributed by atoms with Gasteiger partial charge in [0.05, 0.1) is 23.0 Å². The molecule has 0 unspecified atom stereocenters. The first-order chi connectivity index (χ1) is 11.5. The van der Waals surface area contributed by atoms with Gasteiger partial charge in [-0.05, 0) is 17.7 Å². The first kappa shape index (κ1) is 18.0. The summed E-state index contributed by atoms with van der Waals surface area (Å²) in [6.45, 7) is 0. The first-order valence-electron chi connectivity index (χ1n) is 7.54. The average Bonchev–Trinajstić information content (AvgIpc) is 2.54. The van der Waals surface area contributed by atoms with E-state index in [9.17, 15) is 9.59 Å². The summed E-state index contributed by atoms with van der Waals surface area (Å²) >= 11 is 6.08. The van der Waals surface area contributed by atoms with Crippen LogP contribution in [0.15, 0.2) is 54.6 Å². The summed E-state index contributed by atoms with van der Waals surface area (Å²) in [5, 5.41) is 4.84. The molecule has 2 amide bonds. The number of nitrogens with one attached hydrogen (secondary N) is 2. The lowest BCUT2D eigenvalue weighted by Crippen LogP contribution is -2.39. The fraction of sp³-hybridized carbons (Fsp3) is 0.222. The van der Waals surface area contributed by atoms with Gasteiger partial charge in [-0.25, -0.2) is 5.01 Å². The Morgan fingerprint density at radius 3 is 2.29 bits per heavy atom. The van der Waals surface area contributed by atoms with E-state index >= 15 is 0 Å². The molecule has 0 fully saturated rings. The maximum atomic E-state index is 12.5. The Balaban J connectivity index is 2.18. The van der Waals surface area contributed by atoms with Crippen LogP contribution in [0.4, 0.5) is 0 Å². The molecule has 0 aliphatic heterocycles. The highest BCUT2D eigenvalue weighted by Gasteiger charge is 2.20. The number of nitrogens with zero attached hydrogens (tertiary/aromatic N) is 1. The Labute approximate surface area is 146 Å². The van der Waals surface area contributed by atoms with Gasteiger partial charge in [-0.3, -0.25) is 15.0 Å². The molecule has 5 nitrogen and oxygen atoms in total. The lowest BCUT2D eigenvalue weighted by atomic mass is 10.0. The minimum absolute atomic E-state index is 0.123. The molecule has 24 heavy (non-hydrogen) atoms. The molecule has 0 bridgehead atoms. The van der Waals surface area contributed by atoms with E-state index in [4.69, 9.17) is 11.6 Å². The zero-order valence-corrected chi connectivity index (χ0v) is 14.4. The third kappa shape index (κ3) is 5.08. The highest BCUT2D eigenvalue weighted by molar-refractivity contribution is 6.33. The van der Waals surface area contributed by atoms with Crippen LogP contribution in [0.5, 0.6) is 0 Å². The van der Waals surface area contributed by atoms with Crippen LogP contribution in [0.3, 0.4) is 0 Å². The van der Waals surface area contributed by atoms with E-state index in [0.717, 1.165) is 5.56 Å². The summed E-state index contributed by atoms with van der Waals surface area (Å²) < 4.78 is 0. The second kappa shape index (κ2) is 8.47. The van der Waals surface area contributed by atoms with Crippen molar-refractivity contribution in [3.63, 3.8) is 0 Å². The van der Waals surface area contributed by atoms with E-state index in [1.807, 2.05) is 30.3 Å². The number of benzene rings is 2. The van der Waals surface area contributed by atoms with Crippen molar-refractivity contribution in [2.75, 3.05) is 14.1 Å². The SMILES string of the molecule is CN(C)NC(=O)C[C@H](NC(=O)c1ccccc1Cl)c1ccccc1. The summed E-state index contributed by atoms with van der Waals surface area (Å²) in [4.78, 5) is 24.6. The summed E-state index contributed by atoms with van der Waals surface area (Å²) in [6.07, 6.45) is 0.123. The normalized spacial score (nSPS) is 11.8. The van der Waals surface area contributed by atoms with Gasteiger partial charge in [-0.1, -0.05) is 54.1 Å². The van der Waals surface area contributed by atoms with Crippen LogP contribution in [0.2, 0.25) is 5.02 Å². The van der Waals surface area contributed by atoms with Crippen molar-refractivity contribution in [3.8, 4) is 0 Å². The van der Waals surface area contributed by atoms with E-state index in [1.54, 1.807) is 43.4 Å². The van der Waals surface area contributed by atoms with Gasteiger partial charge in [-0.15, -0.1) is 0 Å². The van der Waals surface area contributed by atoms with Crippen LogP contribution in [0, 0.1) is 0 Å². The van der Waals surface area contributed by atoms with Gasteiger partial charge >= 0.3 is 0 Å². The molecule has 2 rings (SSSR count). The standard InChI is InChI=1S/C18H20ClN3O2/c1-22(2)21-17(23)12-16(13-8-4-3-5-9-13)20-18(24)14-10-6-7-11-15(14)19/h3-11,16H,12H2,1-2H3,(H,20,24)(H,21,23)/t16-/m0/s1. The molecule has 0 saturated heterocycles. The predicted octanol–water partition coefficient (Wildman–Crippen LogP) is 2.79. The zero-order chi connectivity index (χ0) is 17.5. The average molecular weight is 346 g/mol. The van der Waals surface area contributed by atoms with E-state index in [2.05, 4.69) is 10.7 Å². The van der Waals surface area contributed by atoms with Crippen LogP contribution in [-0.2, 0) is 4.79 Å². The molecule has 6 heteroatoms. The van der Waals surface area contributed by atoms with Gasteiger partial charge in [0.1, 0.15) is 0 Å². The Morgan fingerprint density at radius 1 is 1.04 bits per heavy atom. The second-order valence-electron chi connectivity index (χ2n) is 5.55. The topological polar surface area (TPSA) is 61.4 Å². The number of rotatable bonds is 6. The van der Waals surface area contributed by atoms with Gasteiger partial charge < -0.3 is 5.32 Å². The van der Waals surface area contributed by atoms with Gasteiger partial charge in [-0.2, -0.15) is 0 Å². The van der Waals surface area contributed by atoms with Crippen LogP contribution >= 0.6 is 11.6 Å². The molecule has 1 atom stereocenters. The molecule has 2 aromatic rings. The Bertz CT molecular complexity index is 704. The van der Waals surface area contributed by atoms with E-state index in [1.165, 1.54) is 0 Å². The molecule has 0 aliphatic rings. The van der Waals surface area contributed by atoms with E-state index < -0.39 is 6.04 Å². The Hall–Kier alpha value is -2.37. The number of carbonyl (C=O) groups is 2. The quantitative estimate of drug-likeness (QED) is 0.791. The van der Waals surface area contributed by atoms with Crippen LogP contribution in [-0.4, -0.2) is 30.9 Å². The van der Waals surface area contributed by atoms with Crippen LogP contribution < -0.4 is 10.7 Å². The van der Waals surface area contributed by atoms with Gasteiger partial charge in [0.15, 0.2) is 0 Å². The van der Waals surface area contributed by atoms with Crippen LogP contribution in [0.25, 0.3) is 0 Å². The number of hydrazine groups is 1. The fourth-order valence-electron chi connectivity index (χ4n) is 2.30. The van der Waals surface area contributed by atoms with Gasteiger partial charge in [0.2, 0.25) is 5.91 Å². The molecular formula is C18H20ClN3O2. The summed E-state index contributed by atoms with van der Waals surface area (Å²) in [5.41, 5.74) is 3.92. The van der Waals surface area contributed by atoms with Crippen molar-refractivity contribution in [1.29, 1.82) is 0 Å². The van der Waals surface area contributed by atoms with Crippen molar-refractivity contribution in [1.82, 2.24) is 15.8 Å². The van der Waals surface area contributed by atoms with Crippen LogP contribution in [0.1, 0.15) is 28.4 Å². The predicted molar refractivity (Wildman–Crippen MR) is 94.5 cm³/mol. The monoisotopic (exact) mass is 345 g/mol. The minimum atomic E-state index is -0.449. The van der Waals surface area contributed by atoms with Gasteiger partial charge in [0.25, 0.3) is 5.91 Å². The molecule has 0 aliphatic carbocycles. The van der Waals surface area contributed by atoms with E-state index in [-0.39, 0.29) is 18.2 Å². The molecule has 2 N–H and O–H groups in total. The lowest BCUT2D eigenvalue weighted by Gasteiger charge is -2.20. The Kier molecular flexibility index (Phi) is 6.35. The molecule has 0 aromatic heterocycles. The van der Waals surface area contributed by atoms with Crippen molar-refractivity contribution in [3.05, 3.63) is 70.7 Å². The minimum Gasteiger partial charge on any atom is -0.345 e. The number of halogens is 1. The zero-order valence-electron chi connectivity index (χ0n) is 13.6. The maximum absolute atomic E-state index is 12.5. The maximum Gasteiger partial charge on any atom is 0.253 e. The molecule has 0 heterocycles. The number of carbonyl (C=O) groups excluding carboxylic acids is 2. The molecular weight excluding hydrogens is 326 g/mol. The summed E-state index contributed by atoms with van der Waals surface area (Å²) in [7, 11) is 3.47. The number of hydrogen-bond donors (Lipinski definition) is 2. The molecule has 0 saturated carbocycles. The third-order valence-corrected chi connectivity index (χ3v) is 3.69. The van der Waals surface area contributed by atoms with Gasteiger partial charge in [0, 0.05) is 14.1 Å². The van der Waals surface area contributed by atoms with Crippen molar-refractivity contribution in [2.45, 2.75) is 12.5 Å².